The van der Waals surface area contributed by atoms with Crippen molar-refractivity contribution in [1.29, 1.82) is 0 Å². The second-order valence-corrected chi connectivity index (χ2v) is 9.15. The van der Waals surface area contributed by atoms with Gasteiger partial charge < -0.3 is 10.1 Å². The fourth-order valence-corrected chi connectivity index (χ4v) is 6.05. The van der Waals surface area contributed by atoms with Gasteiger partial charge in [-0.3, -0.25) is 4.98 Å². The molecule has 2 aliphatic carbocycles. The van der Waals surface area contributed by atoms with Crippen molar-refractivity contribution in [3.05, 3.63) is 65.5 Å². The summed E-state index contributed by atoms with van der Waals surface area (Å²) in [5, 5.41) is 3.89. The summed E-state index contributed by atoms with van der Waals surface area (Å²) in [6, 6.07) is 15.9. The van der Waals surface area contributed by atoms with Crippen LogP contribution in [0.25, 0.3) is 0 Å². The molecule has 0 radical (unpaired) electrons. The molecule has 3 nitrogen and oxygen atoms in total. The van der Waals surface area contributed by atoms with Crippen LogP contribution in [0.2, 0.25) is 0 Å². The molecule has 1 aromatic heterocycles. The van der Waals surface area contributed by atoms with Crippen molar-refractivity contribution in [2.45, 2.75) is 74.8 Å². The number of ether oxygens (including phenoxy) is 1. The van der Waals surface area contributed by atoms with Crippen molar-refractivity contribution in [3.63, 3.8) is 0 Å². The zero-order chi connectivity index (χ0) is 18.9. The Hall–Kier alpha value is -1.71. The minimum Gasteiger partial charge on any atom is -0.375 e. The van der Waals surface area contributed by atoms with Gasteiger partial charge >= 0.3 is 0 Å². The first-order valence-corrected chi connectivity index (χ1v) is 11.2. The summed E-state index contributed by atoms with van der Waals surface area (Å²) >= 11 is 0. The van der Waals surface area contributed by atoms with Crippen LogP contribution in [0.4, 0.5) is 0 Å². The van der Waals surface area contributed by atoms with Crippen LogP contribution in [-0.2, 0) is 16.6 Å². The summed E-state index contributed by atoms with van der Waals surface area (Å²) in [7, 11) is 0. The van der Waals surface area contributed by atoms with Crippen LogP contribution in [0.3, 0.4) is 0 Å². The first kappa shape index (κ1) is 18.3. The maximum absolute atomic E-state index is 6.38. The van der Waals surface area contributed by atoms with Crippen molar-refractivity contribution in [1.82, 2.24) is 10.3 Å². The van der Waals surface area contributed by atoms with Gasteiger partial charge in [-0.1, -0.05) is 43.2 Å². The molecule has 148 valence electrons. The number of nitrogens with one attached hydrogen (secondary N) is 1. The Bertz CT molecular complexity index is 799. The van der Waals surface area contributed by atoms with Crippen molar-refractivity contribution in [2.24, 2.45) is 0 Å². The summed E-state index contributed by atoms with van der Waals surface area (Å²) in [5.74, 6) is 0. The highest BCUT2D eigenvalue weighted by atomic mass is 16.5. The average molecular weight is 377 g/mol. The van der Waals surface area contributed by atoms with E-state index in [9.17, 15) is 0 Å². The minimum absolute atomic E-state index is 0.107. The molecule has 1 spiro atoms. The lowest BCUT2D eigenvalue weighted by molar-refractivity contribution is -0.104. The highest BCUT2D eigenvalue weighted by molar-refractivity contribution is 5.34. The Morgan fingerprint density at radius 1 is 1.04 bits per heavy atom. The van der Waals surface area contributed by atoms with E-state index in [0.717, 1.165) is 32.4 Å². The lowest BCUT2D eigenvalue weighted by Gasteiger charge is -2.46. The third-order valence-electron chi connectivity index (χ3n) is 7.50. The number of fused-ring (bicyclic) bond motifs is 1. The van der Waals surface area contributed by atoms with Gasteiger partial charge in [0.05, 0.1) is 5.60 Å². The molecule has 28 heavy (non-hydrogen) atoms. The van der Waals surface area contributed by atoms with E-state index in [1.807, 2.05) is 12.3 Å². The quantitative estimate of drug-likeness (QED) is 0.787. The fourth-order valence-electron chi connectivity index (χ4n) is 6.05. The van der Waals surface area contributed by atoms with Gasteiger partial charge in [-0.05, 0) is 74.8 Å². The third-order valence-corrected chi connectivity index (χ3v) is 7.50. The molecule has 1 aromatic carbocycles. The molecule has 1 saturated carbocycles. The molecular formula is C25H32N2O. The molecular weight excluding hydrogens is 344 g/mol. The summed E-state index contributed by atoms with van der Waals surface area (Å²) in [4.78, 5) is 4.83. The van der Waals surface area contributed by atoms with E-state index in [4.69, 9.17) is 9.72 Å². The number of pyridine rings is 1. The van der Waals surface area contributed by atoms with Gasteiger partial charge in [0.25, 0.3) is 0 Å². The zero-order valence-corrected chi connectivity index (χ0v) is 16.8. The van der Waals surface area contributed by atoms with Crippen LogP contribution in [-0.4, -0.2) is 23.7 Å². The lowest BCUT2D eigenvalue weighted by Crippen LogP contribution is -2.47. The summed E-state index contributed by atoms with van der Waals surface area (Å²) in [6.07, 6.45) is 12.9. The molecule has 0 amide bonds. The van der Waals surface area contributed by atoms with Crippen LogP contribution >= 0.6 is 0 Å². The number of nitrogens with zero attached hydrogens (tertiary/aromatic N) is 1. The Morgan fingerprint density at radius 2 is 1.89 bits per heavy atom. The van der Waals surface area contributed by atoms with E-state index in [2.05, 4.69) is 41.7 Å². The zero-order valence-electron chi connectivity index (χ0n) is 16.8. The summed E-state index contributed by atoms with van der Waals surface area (Å²) in [5.41, 5.74) is 4.56. The number of benzene rings is 1. The van der Waals surface area contributed by atoms with E-state index in [0.29, 0.717) is 6.04 Å². The van der Waals surface area contributed by atoms with Gasteiger partial charge in [-0.15, -0.1) is 0 Å². The van der Waals surface area contributed by atoms with E-state index >= 15 is 0 Å². The van der Waals surface area contributed by atoms with Gasteiger partial charge in [0.15, 0.2) is 0 Å². The first-order valence-electron chi connectivity index (χ1n) is 11.2. The van der Waals surface area contributed by atoms with E-state index in [1.165, 1.54) is 55.3 Å². The Labute approximate surface area is 168 Å². The second-order valence-electron chi connectivity index (χ2n) is 9.15. The smallest absolute Gasteiger partial charge is 0.0691 e. The van der Waals surface area contributed by atoms with Gasteiger partial charge in [-0.2, -0.15) is 0 Å². The van der Waals surface area contributed by atoms with E-state index < -0.39 is 0 Å². The van der Waals surface area contributed by atoms with Crippen LogP contribution in [0.1, 0.15) is 74.2 Å². The Morgan fingerprint density at radius 3 is 2.75 bits per heavy atom. The second kappa shape index (κ2) is 7.61. The molecule has 2 aromatic rings. The molecule has 1 saturated heterocycles. The predicted molar refractivity (Wildman–Crippen MR) is 112 cm³/mol. The third kappa shape index (κ3) is 3.40. The molecule has 5 rings (SSSR count). The molecule has 2 fully saturated rings. The lowest BCUT2D eigenvalue weighted by atomic mass is 9.68. The number of rotatable bonds is 5. The largest absolute Gasteiger partial charge is 0.375 e. The molecule has 1 aliphatic heterocycles. The van der Waals surface area contributed by atoms with E-state index in [1.54, 1.807) is 0 Å². The topological polar surface area (TPSA) is 34.1 Å². The van der Waals surface area contributed by atoms with Crippen LogP contribution in [0.5, 0.6) is 0 Å². The summed E-state index contributed by atoms with van der Waals surface area (Å²) < 4.78 is 6.38. The van der Waals surface area contributed by atoms with Gasteiger partial charge in [0, 0.05) is 30.0 Å². The molecule has 1 unspecified atom stereocenters. The molecule has 3 aliphatic rings. The SMILES string of the molecule is c1ccc(C2(CCN[C@H]3CCc4ccccc43)CCOC3(CCCC3)C2)nc1. The molecule has 2 heterocycles. The van der Waals surface area contributed by atoms with Crippen LogP contribution in [0, 0.1) is 0 Å². The highest BCUT2D eigenvalue weighted by Gasteiger charge is 2.48. The number of hydrogen-bond acceptors (Lipinski definition) is 3. The minimum atomic E-state index is 0.107. The van der Waals surface area contributed by atoms with Crippen molar-refractivity contribution < 1.29 is 4.74 Å². The maximum atomic E-state index is 6.38. The van der Waals surface area contributed by atoms with Crippen molar-refractivity contribution in [2.75, 3.05) is 13.2 Å². The average Bonchev–Trinajstić information content (AvgIpc) is 3.36. The van der Waals surface area contributed by atoms with Gasteiger partial charge in [0.1, 0.15) is 0 Å². The number of aromatic nitrogens is 1. The predicted octanol–water partition coefficient (Wildman–Crippen LogP) is 5.11. The molecule has 3 heteroatoms. The number of aryl methyl sites for hydroxylation is 1. The molecule has 0 bridgehead atoms. The highest BCUT2D eigenvalue weighted by Crippen LogP contribution is 2.49. The normalized spacial score (nSPS) is 28.5. The summed E-state index contributed by atoms with van der Waals surface area (Å²) in [6.45, 7) is 1.93. The standard InChI is InChI=1S/C25H32N2O/c1-2-8-21-20(7-1)10-11-22(21)26-17-14-24(23-9-3-6-16-27-23)15-18-28-25(19-24)12-4-5-13-25/h1-3,6-9,16,22,26H,4-5,10-15,17-19H2/t22-,24?/m0/s1. The fraction of sp³-hybridized carbons (Fsp3) is 0.560. The van der Waals surface area contributed by atoms with Gasteiger partial charge in [0.2, 0.25) is 0 Å². The Kier molecular flexibility index (Phi) is 4.98. The maximum Gasteiger partial charge on any atom is 0.0691 e. The van der Waals surface area contributed by atoms with Crippen LogP contribution < -0.4 is 5.32 Å². The monoisotopic (exact) mass is 376 g/mol. The molecule has 2 atom stereocenters. The Balaban J connectivity index is 1.33. The van der Waals surface area contributed by atoms with E-state index in [-0.39, 0.29) is 11.0 Å². The first-order chi connectivity index (χ1) is 13.8. The van der Waals surface area contributed by atoms with Crippen molar-refractivity contribution >= 4 is 0 Å². The van der Waals surface area contributed by atoms with Crippen molar-refractivity contribution in [3.8, 4) is 0 Å². The molecule has 1 N–H and O–H groups in total. The van der Waals surface area contributed by atoms with Crippen LogP contribution in [0.15, 0.2) is 48.7 Å². The number of hydrogen-bond donors (Lipinski definition) is 1. The van der Waals surface area contributed by atoms with Gasteiger partial charge in [-0.25, -0.2) is 0 Å².